The van der Waals surface area contributed by atoms with Gasteiger partial charge in [-0.2, -0.15) is 0 Å². The molecule has 10 heavy (non-hydrogen) atoms. The molecule has 0 aliphatic rings. The zero-order valence-electron chi connectivity index (χ0n) is 6.07. The summed E-state index contributed by atoms with van der Waals surface area (Å²) in [6.45, 7) is 3.39. The Morgan fingerprint density at radius 2 is 2.50 bits per heavy atom. The second kappa shape index (κ2) is 4.78. The summed E-state index contributed by atoms with van der Waals surface area (Å²) in [6.07, 6.45) is 1.02. The number of rotatable bonds is 4. The van der Waals surface area contributed by atoms with Crippen LogP contribution in [0.25, 0.3) is 0 Å². The molecule has 1 atom stereocenters. The van der Waals surface area contributed by atoms with Crippen molar-refractivity contribution in [2.24, 2.45) is 5.16 Å². The first-order chi connectivity index (χ1) is 4.72. The Hall–Kier alpha value is -1.06. The second-order valence-electron chi connectivity index (χ2n) is 1.70. The van der Waals surface area contributed by atoms with Crippen molar-refractivity contribution < 1.29 is 14.7 Å². The first-order valence-electron chi connectivity index (χ1n) is 3.09. The summed E-state index contributed by atoms with van der Waals surface area (Å²) in [5.41, 5.74) is 0. The normalized spacial score (nSPS) is 13.4. The van der Waals surface area contributed by atoms with E-state index in [4.69, 9.17) is 5.11 Å². The number of nitrogens with zero attached hydrogens (tertiary/aromatic N) is 1. The van der Waals surface area contributed by atoms with E-state index in [1.54, 1.807) is 13.8 Å². The third kappa shape index (κ3) is 3.06. The summed E-state index contributed by atoms with van der Waals surface area (Å²) in [5.74, 6) is -0.979. The van der Waals surface area contributed by atoms with Gasteiger partial charge < -0.3 is 9.94 Å². The smallest absolute Gasteiger partial charge is 0.347 e. The maximum atomic E-state index is 10.2. The lowest BCUT2D eigenvalue weighted by atomic mass is 10.3. The highest BCUT2D eigenvalue weighted by molar-refractivity contribution is 5.72. The predicted octanol–water partition coefficient (Wildman–Crippen LogP) is 0.872. The lowest BCUT2D eigenvalue weighted by molar-refractivity contribution is -0.150. The van der Waals surface area contributed by atoms with Gasteiger partial charge in [0.15, 0.2) is 0 Å². The van der Waals surface area contributed by atoms with E-state index >= 15 is 0 Å². The second-order valence-corrected chi connectivity index (χ2v) is 1.70. The lowest BCUT2D eigenvalue weighted by Gasteiger charge is -2.05. The fraction of sp³-hybridized carbons (Fsp3) is 0.667. The van der Waals surface area contributed by atoms with Crippen LogP contribution in [0.2, 0.25) is 0 Å². The minimum absolute atomic E-state index is 0.423. The van der Waals surface area contributed by atoms with Gasteiger partial charge in [-0.05, 0) is 13.3 Å². The van der Waals surface area contributed by atoms with Gasteiger partial charge in [-0.3, -0.25) is 0 Å². The molecule has 0 radical (unpaired) electrons. The van der Waals surface area contributed by atoms with Crippen LogP contribution < -0.4 is 0 Å². The van der Waals surface area contributed by atoms with E-state index in [0.29, 0.717) is 6.42 Å². The van der Waals surface area contributed by atoms with Crippen molar-refractivity contribution in [3.63, 3.8) is 0 Å². The molecule has 1 N–H and O–H groups in total. The molecule has 4 nitrogen and oxygen atoms in total. The summed E-state index contributed by atoms with van der Waals surface area (Å²) < 4.78 is 0. The quantitative estimate of drug-likeness (QED) is 0.471. The van der Waals surface area contributed by atoms with Crippen LogP contribution in [0.1, 0.15) is 20.3 Å². The molecule has 0 saturated carbocycles. The van der Waals surface area contributed by atoms with Crippen LogP contribution in [0.4, 0.5) is 0 Å². The van der Waals surface area contributed by atoms with Crippen LogP contribution in [-0.4, -0.2) is 23.4 Å². The highest BCUT2D eigenvalue weighted by atomic mass is 16.6. The topological polar surface area (TPSA) is 58.9 Å². The van der Waals surface area contributed by atoms with E-state index < -0.39 is 12.1 Å². The van der Waals surface area contributed by atoms with Gasteiger partial charge in [0.1, 0.15) is 0 Å². The highest BCUT2D eigenvalue weighted by Crippen LogP contribution is 1.97. The highest BCUT2D eigenvalue weighted by Gasteiger charge is 2.15. The first kappa shape index (κ1) is 8.94. The molecule has 0 amide bonds. The summed E-state index contributed by atoms with van der Waals surface area (Å²) in [5, 5.41) is 11.8. The number of carboxylic acids is 1. The monoisotopic (exact) mass is 145 g/mol. The standard InChI is InChI=1S/C6H11NO3/c1-3-5(6(8)9)10-7-4-2/h4-5H,3H2,1-2H3,(H,8,9)/b7-4+. The SMILES string of the molecule is C/C=N/OC(CC)C(=O)O. The molecule has 0 fully saturated rings. The maximum absolute atomic E-state index is 10.2. The third-order valence-electron chi connectivity index (χ3n) is 0.940. The lowest BCUT2D eigenvalue weighted by Crippen LogP contribution is -2.20. The molecule has 0 aromatic carbocycles. The molecule has 0 bridgehead atoms. The third-order valence-corrected chi connectivity index (χ3v) is 0.940. The van der Waals surface area contributed by atoms with Crippen molar-refractivity contribution in [3.05, 3.63) is 0 Å². The Morgan fingerprint density at radius 1 is 1.90 bits per heavy atom. The molecule has 4 heteroatoms. The molecular weight excluding hydrogens is 134 g/mol. The molecule has 0 heterocycles. The number of hydrogen-bond acceptors (Lipinski definition) is 3. The molecule has 0 aliphatic carbocycles. The zero-order chi connectivity index (χ0) is 7.98. The number of aliphatic carboxylic acids is 1. The summed E-state index contributed by atoms with van der Waals surface area (Å²) in [6, 6.07) is 0. The van der Waals surface area contributed by atoms with Crippen molar-refractivity contribution >= 4 is 12.2 Å². The summed E-state index contributed by atoms with van der Waals surface area (Å²) >= 11 is 0. The van der Waals surface area contributed by atoms with Crippen molar-refractivity contribution in [3.8, 4) is 0 Å². The summed E-state index contributed by atoms with van der Waals surface area (Å²) in [4.78, 5) is 14.8. The molecule has 0 rings (SSSR count). The molecule has 0 aromatic heterocycles. The number of oxime groups is 1. The number of carboxylic acid groups (broad SMARTS) is 1. The van der Waals surface area contributed by atoms with Crippen molar-refractivity contribution in [1.29, 1.82) is 0 Å². The fourth-order valence-corrected chi connectivity index (χ4v) is 0.429. The molecule has 0 aromatic rings. The minimum Gasteiger partial charge on any atom is -0.478 e. The predicted molar refractivity (Wildman–Crippen MR) is 37.0 cm³/mol. The van der Waals surface area contributed by atoms with Gasteiger partial charge in [0.2, 0.25) is 6.10 Å². The molecule has 1 unspecified atom stereocenters. The molecule has 58 valence electrons. The Labute approximate surface area is 59.5 Å². The van der Waals surface area contributed by atoms with Crippen LogP contribution in [0.5, 0.6) is 0 Å². The first-order valence-corrected chi connectivity index (χ1v) is 3.09. The Kier molecular flexibility index (Phi) is 4.28. The van der Waals surface area contributed by atoms with Crippen molar-refractivity contribution in [2.45, 2.75) is 26.4 Å². The van der Waals surface area contributed by atoms with E-state index in [1.807, 2.05) is 0 Å². The largest absolute Gasteiger partial charge is 0.478 e. The van der Waals surface area contributed by atoms with Gasteiger partial charge in [0.25, 0.3) is 0 Å². The van der Waals surface area contributed by atoms with E-state index in [0.717, 1.165) is 0 Å². The molecule has 0 aliphatic heterocycles. The number of hydrogen-bond donors (Lipinski definition) is 1. The molecule has 0 spiro atoms. The van der Waals surface area contributed by atoms with E-state index in [9.17, 15) is 4.79 Å². The van der Waals surface area contributed by atoms with Crippen molar-refractivity contribution in [1.82, 2.24) is 0 Å². The summed E-state index contributed by atoms with van der Waals surface area (Å²) in [7, 11) is 0. The van der Waals surface area contributed by atoms with Gasteiger partial charge in [0.05, 0.1) is 0 Å². The molecule has 0 saturated heterocycles. The molecular formula is C6H11NO3. The Balaban J connectivity index is 3.71. The van der Waals surface area contributed by atoms with Gasteiger partial charge >= 0.3 is 5.97 Å². The maximum Gasteiger partial charge on any atom is 0.347 e. The Bertz CT molecular complexity index is 133. The van der Waals surface area contributed by atoms with E-state index in [-0.39, 0.29) is 0 Å². The van der Waals surface area contributed by atoms with E-state index in [1.165, 1.54) is 6.21 Å². The number of carbonyl (C=O) groups is 1. The average molecular weight is 145 g/mol. The van der Waals surface area contributed by atoms with Gasteiger partial charge in [-0.25, -0.2) is 4.79 Å². The van der Waals surface area contributed by atoms with Crippen LogP contribution in [-0.2, 0) is 9.63 Å². The van der Waals surface area contributed by atoms with Crippen LogP contribution in [0, 0.1) is 0 Å². The zero-order valence-corrected chi connectivity index (χ0v) is 6.07. The van der Waals surface area contributed by atoms with Crippen molar-refractivity contribution in [2.75, 3.05) is 0 Å². The van der Waals surface area contributed by atoms with Gasteiger partial charge in [-0.15, -0.1) is 0 Å². The van der Waals surface area contributed by atoms with Gasteiger partial charge in [-0.1, -0.05) is 12.1 Å². The van der Waals surface area contributed by atoms with Crippen LogP contribution >= 0.6 is 0 Å². The fourth-order valence-electron chi connectivity index (χ4n) is 0.429. The van der Waals surface area contributed by atoms with Crippen LogP contribution in [0.3, 0.4) is 0 Å². The average Bonchev–Trinajstić information content (AvgIpc) is 1.89. The minimum atomic E-state index is -0.979. The van der Waals surface area contributed by atoms with Crippen LogP contribution in [0.15, 0.2) is 5.16 Å². The van der Waals surface area contributed by atoms with Gasteiger partial charge in [0, 0.05) is 6.21 Å². The van der Waals surface area contributed by atoms with E-state index in [2.05, 4.69) is 9.99 Å². The Morgan fingerprint density at radius 3 is 2.80 bits per heavy atom.